The molecule has 2 aromatic rings. The number of piperazine rings is 1. The standard InChI is InChI=1S/C21H25N3O3S/c25-21(23-10-5-11-23)19-8-4-9-20(16-19)28(26,27)24-14-12-22(13-15-24)17-18-6-2-1-3-7-18/h1-4,6-9,16H,5,10-15,17H2. The van der Waals surface area contributed by atoms with E-state index in [0.717, 1.165) is 26.1 Å². The summed E-state index contributed by atoms with van der Waals surface area (Å²) in [5.74, 6) is -0.0871. The van der Waals surface area contributed by atoms with Crippen LogP contribution in [0, 0.1) is 0 Å². The van der Waals surface area contributed by atoms with E-state index in [1.165, 1.54) is 15.9 Å². The maximum absolute atomic E-state index is 13.1. The van der Waals surface area contributed by atoms with Gasteiger partial charge >= 0.3 is 0 Å². The number of hydrogen-bond donors (Lipinski definition) is 0. The Morgan fingerprint density at radius 3 is 2.21 bits per heavy atom. The number of likely N-dealkylation sites (tertiary alicyclic amines) is 1. The van der Waals surface area contributed by atoms with Crippen molar-refractivity contribution in [2.24, 2.45) is 0 Å². The Morgan fingerprint density at radius 2 is 1.57 bits per heavy atom. The molecule has 6 nitrogen and oxygen atoms in total. The van der Waals surface area contributed by atoms with Crippen LogP contribution in [-0.4, -0.2) is 67.7 Å². The monoisotopic (exact) mass is 399 g/mol. The Kier molecular flexibility index (Phi) is 5.48. The van der Waals surface area contributed by atoms with E-state index >= 15 is 0 Å². The van der Waals surface area contributed by atoms with Gasteiger partial charge in [0.2, 0.25) is 10.0 Å². The molecule has 148 valence electrons. The molecule has 0 saturated carbocycles. The van der Waals surface area contributed by atoms with Gasteiger partial charge in [-0.05, 0) is 30.2 Å². The predicted octanol–water partition coefficient (Wildman–Crippen LogP) is 2.04. The lowest BCUT2D eigenvalue weighted by Crippen LogP contribution is -2.48. The molecule has 2 heterocycles. The average Bonchev–Trinajstić information content (AvgIpc) is 2.68. The summed E-state index contributed by atoms with van der Waals surface area (Å²) >= 11 is 0. The summed E-state index contributed by atoms with van der Waals surface area (Å²) in [6, 6.07) is 16.7. The first-order valence-corrected chi connectivity index (χ1v) is 11.1. The van der Waals surface area contributed by atoms with Crippen LogP contribution in [-0.2, 0) is 16.6 Å². The Labute approximate surface area is 166 Å². The first-order valence-electron chi connectivity index (χ1n) is 9.70. The second kappa shape index (κ2) is 8.03. The highest BCUT2D eigenvalue weighted by molar-refractivity contribution is 7.89. The van der Waals surface area contributed by atoms with Crippen molar-refractivity contribution in [1.82, 2.24) is 14.1 Å². The van der Waals surface area contributed by atoms with Crippen molar-refractivity contribution in [2.75, 3.05) is 39.3 Å². The number of nitrogens with zero attached hydrogens (tertiary/aromatic N) is 3. The van der Waals surface area contributed by atoms with Gasteiger partial charge in [0, 0.05) is 51.4 Å². The maximum atomic E-state index is 13.1. The first-order chi connectivity index (χ1) is 13.5. The number of amides is 1. The summed E-state index contributed by atoms with van der Waals surface area (Å²) in [5.41, 5.74) is 1.68. The zero-order valence-electron chi connectivity index (χ0n) is 15.8. The van der Waals surface area contributed by atoms with E-state index in [0.29, 0.717) is 31.7 Å². The van der Waals surface area contributed by atoms with Gasteiger partial charge in [0.1, 0.15) is 0 Å². The normalized spacial score (nSPS) is 18.6. The molecule has 28 heavy (non-hydrogen) atoms. The van der Waals surface area contributed by atoms with Crippen LogP contribution in [0.25, 0.3) is 0 Å². The minimum absolute atomic E-state index is 0.0871. The van der Waals surface area contributed by atoms with Crippen molar-refractivity contribution < 1.29 is 13.2 Å². The summed E-state index contributed by atoms with van der Waals surface area (Å²) in [7, 11) is -3.59. The van der Waals surface area contributed by atoms with Gasteiger partial charge in [-0.25, -0.2) is 8.42 Å². The van der Waals surface area contributed by atoms with Crippen molar-refractivity contribution in [2.45, 2.75) is 17.9 Å². The van der Waals surface area contributed by atoms with Crippen LogP contribution in [0.3, 0.4) is 0 Å². The summed E-state index contributed by atoms with van der Waals surface area (Å²) in [4.78, 5) is 16.6. The molecule has 0 N–H and O–H groups in total. The molecule has 0 radical (unpaired) electrons. The number of rotatable bonds is 5. The van der Waals surface area contributed by atoms with Crippen LogP contribution in [0.2, 0.25) is 0 Å². The summed E-state index contributed by atoms with van der Waals surface area (Å²) in [6.07, 6.45) is 1.01. The number of benzene rings is 2. The highest BCUT2D eigenvalue weighted by Gasteiger charge is 2.29. The minimum Gasteiger partial charge on any atom is -0.339 e. The van der Waals surface area contributed by atoms with Crippen LogP contribution in [0.5, 0.6) is 0 Å². The third-order valence-electron chi connectivity index (χ3n) is 5.44. The Bertz CT molecular complexity index is 934. The highest BCUT2D eigenvalue weighted by atomic mass is 32.2. The largest absolute Gasteiger partial charge is 0.339 e. The third kappa shape index (κ3) is 3.97. The van der Waals surface area contributed by atoms with Gasteiger partial charge in [-0.15, -0.1) is 0 Å². The quantitative estimate of drug-likeness (QED) is 0.772. The molecule has 2 saturated heterocycles. The highest BCUT2D eigenvalue weighted by Crippen LogP contribution is 2.21. The van der Waals surface area contributed by atoms with Crippen LogP contribution >= 0.6 is 0 Å². The number of carbonyl (C=O) groups excluding carboxylic acids is 1. The van der Waals surface area contributed by atoms with E-state index in [-0.39, 0.29) is 10.8 Å². The smallest absolute Gasteiger partial charge is 0.253 e. The summed E-state index contributed by atoms with van der Waals surface area (Å²) in [5, 5.41) is 0. The molecule has 4 rings (SSSR count). The Balaban J connectivity index is 1.42. The molecule has 2 aromatic carbocycles. The van der Waals surface area contributed by atoms with Crippen molar-refractivity contribution in [3.63, 3.8) is 0 Å². The topological polar surface area (TPSA) is 60.9 Å². The van der Waals surface area contributed by atoms with Gasteiger partial charge in [-0.2, -0.15) is 4.31 Å². The van der Waals surface area contributed by atoms with Gasteiger partial charge in [0.25, 0.3) is 5.91 Å². The second-order valence-corrected chi connectivity index (χ2v) is 9.28. The van der Waals surface area contributed by atoms with E-state index in [9.17, 15) is 13.2 Å². The zero-order valence-corrected chi connectivity index (χ0v) is 16.6. The van der Waals surface area contributed by atoms with Crippen molar-refractivity contribution in [3.8, 4) is 0 Å². The molecule has 2 fully saturated rings. The fourth-order valence-corrected chi connectivity index (χ4v) is 5.08. The molecule has 0 bridgehead atoms. The molecule has 2 aliphatic rings. The molecular formula is C21H25N3O3S. The number of hydrogen-bond acceptors (Lipinski definition) is 4. The van der Waals surface area contributed by atoms with Crippen molar-refractivity contribution in [3.05, 3.63) is 65.7 Å². The maximum Gasteiger partial charge on any atom is 0.253 e. The fraction of sp³-hybridized carbons (Fsp3) is 0.381. The molecule has 1 amide bonds. The van der Waals surface area contributed by atoms with E-state index < -0.39 is 10.0 Å². The first kappa shape index (κ1) is 19.1. The van der Waals surface area contributed by atoms with Crippen LogP contribution < -0.4 is 0 Å². The second-order valence-electron chi connectivity index (χ2n) is 7.34. The molecule has 0 atom stereocenters. The van der Waals surface area contributed by atoms with E-state index in [1.54, 1.807) is 23.1 Å². The van der Waals surface area contributed by atoms with Crippen LogP contribution in [0.15, 0.2) is 59.5 Å². The third-order valence-corrected chi connectivity index (χ3v) is 7.34. The molecule has 0 unspecified atom stereocenters. The lowest BCUT2D eigenvalue weighted by molar-refractivity contribution is 0.0651. The summed E-state index contributed by atoms with van der Waals surface area (Å²) < 4.78 is 27.7. The molecule has 7 heteroatoms. The SMILES string of the molecule is O=C(c1cccc(S(=O)(=O)N2CCN(Cc3ccccc3)CC2)c1)N1CCC1. The molecular weight excluding hydrogens is 374 g/mol. The van der Waals surface area contributed by atoms with E-state index in [2.05, 4.69) is 17.0 Å². The van der Waals surface area contributed by atoms with Crippen molar-refractivity contribution >= 4 is 15.9 Å². The molecule has 0 aliphatic carbocycles. The Hall–Kier alpha value is -2.22. The molecule has 2 aliphatic heterocycles. The Morgan fingerprint density at radius 1 is 0.857 bits per heavy atom. The lowest BCUT2D eigenvalue weighted by Gasteiger charge is -2.34. The van der Waals surface area contributed by atoms with Crippen molar-refractivity contribution in [1.29, 1.82) is 0 Å². The average molecular weight is 400 g/mol. The lowest BCUT2D eigenvalue weighted by atomic mass is 10.1. The van der Waals surface area contributed by atoms with Gasteiger partial charge in [0.05, 0.1) is 4.90 Å². The van der Waals surface area contributed by atoms with E-state index in [4.69, 9.17) is 0 Å². The molecule has 0 spiro atoms. The van der Waals surface area contributed by atoms with Gasteiger partial charge in [-0.1, -0.05) is 36.4 Å². The molecule has 0 aromatic heterocycles. The van der Waals surface area contributed by atoms with Crippen LogP contribution in [0.1, 0.15) is 22.3 Å². The number of sulfonamides is 1. The zero-order chi connectivity index (χ0) is 19.6. The number of carbonyl (C=O) groups is 1. The summed E-state index contributed by atoms with van der Waals surface area (Å²) in [6.45, 7) is 4.63. The fourth-order valence-electron chi connectivity index (χ4n) is 3.61. The van der Waals surface area contributed by atoms with Gasteiger partial charge in [-0.3, -0.25) is 9.69 Å². The van der Waals surface area contributed by atoms with Gasteiger partial charge in [0.15, 0.2) is 0 Å². The van der Waals surface area contributed by atoms with Crippen LogP contribution in [0.4, 0.5) is 0 Å². The van der Waals surface area contributed by atoms with Gasteiger partial charge < -0.3 is 4.90 Å². The predicted molar refractivity (Wildman–Crippen MR) is 107 cm³/mol. The minimum atomic E-state index is -3.59. The van der Waals surface area contributed by atoms with E-state index in [1.807, 2.05) is 18.2 Å².